The summed E-state index contributed by atoms with van der Waals surface area (Å²) >= 11 is 0. The van der Waals surface area contributed by atoms with Crippen LogP contribution in [0.2, 0.25) is 0 Å². The predicted molar refractivity (Wildman–Crippen MR) is 167 cm³/mol. The molecule has 0 heterocycles. The fourth-order valence-corrected chi connectivity index (χ4v) is 5.90. The predicted octanol–water partition coefficient (Wildman–Crippen LogP) is 8.13. The molecular formula is C34H44N2O4S. The van der Waals surface area contributed by atoms with E-state index in [4.69, 9.17) is 0 Å². The van der Waals surface area contributed by atoms with E-state index in [-0.39, 0.29) is 22.0 Å². The van der Waals surface area contributed by atoms with E-state index in [0.717, 1.165) is 6.08 Å². The van der Waals surface area contributed by atoms with Gasteiger partial charge in [-0.1, -0.05) is 83.1 Å². The van der Waals surface area contributed by atoms with Crippen LogP contribution in [-0.2, 0) is 31.5 Å². The minimum absolute atomic E-state index is 0.0759. The van der Waals surface area contributed by atoms with Gasteiger partial charge in [-0.2, -0.15) is 10.5 Å². The van der Waals surface area contributed by atoms with Crippen LogP contribution < -0.4 is 0 Å². The maximum Gasteiger partial charge on any atom is 0.217 e. The van der Waals surface area contributed by atoms with Crippen LogP contribution >= 0.6 is 0 Å². The molecule has 6 nitrogen and oxygen atoms in total. The molecule has 41 heavy (non-hydrogen) atoms. The van der Waals surface area contributed by atoms with Gasteiger partial charge in [0.15, 0.2) is 0 Å². The Kier molecular flexibility index (Phi) is 9.05. The fourth-order valence-electron chi connectivity index (χ4n) is 4.62. The number of phenols is 2. The molecule has 2 aromatic carbocycles. The fraction of sp³-hybridized carbons (Fsp3) is 0.471. The summed E-state index contributed by atoms with van der Waals surface area (Å²) < 4.78 is 28.1. The summed E-state index contributed by atoms with van der Waals surface area (Å²) in [4.78, 5) is -0.859. The standard InChI is InChI=1S/C34H44N2O4S/c1-31(2,3)24-16-21(17-25(29(24)37)32(4,5)6)15-23(20-36)41(39,40)28(13-14-35)22-18-26(33(7,8)9)30(38)27(19-22)34(10,11)12/h13,15-19,37-38H,1-12H3/b23-15+,28-13+. The van der Waals surface area contributed by atoms with E-state index < -0.39 is 36.4 Å². The highest BCUT2D eigenvalue weighted by Crippen LogP contribution is 2.43. The largest absolute Gasteiger partial charge is 0.507 e. The normalized spacial score (nSPS) is 14.0. The molecule has 0 fully saturated rings. The Morgan fingerprint density at radius 1 is 0.683 bits per heavy atom. The summed E-state index contributed by atoms with van der Waals surface area (Å²) in [6.45, 7) is 23.1. The first-order valence-electron chi connectivity index (χ1n) is 13.6. The number of phenolic OH excluding ortho intramolecular Hbond substituents is 2. The van der Waals surface area contributed by atoms with E-state index in [1.165, 1.54) is 6.08 Å². The zero-order chi connectivity index (χ0) is 31.9. The molecule has 0 radical (unpaired) electrons. The lowest BCUT2D eigenvalue weighted by molar-refractivity contribution is 0.422. The third-order valence-corrected chi connectivity index (χ3v) is 8.66. The first-order valence-corrected chi connectivity index (χ1v) is 15.1. The van der Waals surface area contributed by atoms with Crippen molar-refractivity contribution in [3.63, 3.8) is 0 Å². The highest BCUT2D eigenvalue weighted by Gasteiger charge is 2.32. The molecule has 0 saturated heterocycles. The molecule has 220 valence electrons. The lowest BCUT2D eigenvalue weighted by Crippen LogP contribution is -2.18. The van der Waals surface area contributed by atoms with Gasteiger partial charge in [0.05, 0.1) is 11.0 Å². The van der Waals surface area contributed by atoms with Crippen molar-refractivity contribution in [3.05, 3.63) is 68.6 Å². The summed E-state index contributed by atoms with van der Waals surface area (Å²) in [5.74, 6) is 0.217. The molecule has 0 atom stereocenters. The molecule has 0 amide bonds. The van der Waals surface area contributed by atoms with Gasteiger partial charge in [-0.05, 0) is 63.1 Å². The number of nitriles is 2. The summed E-state index contributed by atoms with van der Waals surface area (Å²) in [6.07, 6.45) is 2.23. The van der Waals surface area contributed by atoms with E-state index in [1.54, 1.807) is 24.3 Å². The minimum Gasteiger partial charge on any atom is -0.507 e. The first kappa shape index (κ1) is 33.7. The quantitative estimate of drug-likeness (QED) is 0.354. The van der Waals surface area contributed by atoms with E-state index in [1.807, 2.05) is 95.2 Å². The molecule has 0 aromatic heterocycles. The summed E-state index contributed by atoms with van der Waals surface area (Å²) in [5.41, 5.74) is 1.01. The van der Waals surface area contributed by atoms with Gasteiger partial charge < -0.3 is 10.2 Å². The zero-order valence-electron chi connectivity index (χ0n) is 26.5. The molecule has 7 heteroatoms. The molecule has 0 aliphatic carbocycles. The second-order valence-electron chi connectivity index (χ2n) is 14.6. The number of hydrogen-bond acceptors (Lipinski definition) is 6. The third-order valence-electron chi connectivity index (χ3n) is 6.94. The van der Waals surface area contributed by atoms with Gasteiger partial charge in [0.25, 0.3) is 0 Å². The maximum absolute atomic E-state index is 14.1. The number of nitrogens with zero attached hydrogens (tertiary/aromatic N) is 2. The van der Waals surface area contributed by atoms with Crippen LogP contribution in [-0.4, -0.2) is 18.6 Å². The van der Waals surface area contributed by atoms with Gasteiger partial charge in [0, 0.05) is 28.3 Å². The average Bonchev–Trinajstić information content (AvgIpc) is 2.78. The van der Waals surface area contributed by atoms with Crippen molar-refractivity contribution in [2.24, 2.45) is 0 Å². The Morgan fingerprint density at radius 2 is 1.02 bits per heavy atom. The van der Waals surface area contributed by atoms with Crippen LogP contribution in [0.1, 0.15) is 116 Å². The van der Waals surface area contributed by atoms with Crippen LogP contribution in [0, 0.1) is 22.7 Å². The summed E-state index contributed by atoms with van der Waals surface area (Å²) in [5, 5.41) is 42.0. The van der Waals surface area contributed by atoms with Crippen molar-refractivity contribution in [3.8, 4) is 23.6 Å². The molecule has 0 spiro atoms. The molecule has 2 aromatic rings. The van der Waals surface area contributed by atoms with Crippen LogP contribution in [0.3, 0.4) is 0 Å². The Morgan fingerprint density at radius 3 is 1.32 bits per heavy atom. The SMILES string of the molecule is CC(C)(C)c1cc(/C=C(\C#N)S(=O)(=O)/C(=C/C#N)c2cc(C(C)(C)C)c(O)c(C(C)(C)C)c2)cc(C(C)(C)C)c1O. The topological polar surface area (TPSA) is 122 Å². The number of aromatic hydroxyl groups is 2. The van der Waals surface area contributed by atoms with Crippen LogP contribution in [0.5, 0.6) is 11.5 Å². The van der Waals surface area contributed by atoms with Crippen molar-refractivity contribution >= 4 is 20.8 Å². The van der Waals surface area contributed by atoms with E-state index in [9.17, 15) is 29.2 Å². The van der Waals surface area contributed by atoms with Gasteiger partial charge >= 0.3 is 0 Å². The third kappa shape index (κ3) is 7.21. The van der Waals surface area contributed by atoms with E-state index >= 15 is 0 Å². The molecule has 0 aliphatic rings. The van der Waals surface area contributed by atoms with Crippen molar-refractivity contribution in [1.29, 1.82) is 10.5 Å². The van der Waals surface area contributed by atoms with Crippen molar-refractivity contribution in [2.45, 2.75) is 105 Å². The maximum atomic E-state index is 14.1. The lowest BCUT2D eigenvalue weighted by atomic mass is 9.78. The van der Waals surface area contributed by atoms with Crippen LogP contribution in [0.4, 0.5) is 0 Å². The number of benzene rings is 2. The van der Waals surface area contributed by atoms with Crippen molar-refractivity contribution < 1.29 is 18.6 Å². The molecule has 0 saturated carbocycles. The minimum atomic E-state index is -4.48. The highest BCUT2D eigenvalue weighted by atomic mass is 32.2. The van der Waals surface area contributed by atoms with E-state index in [2.05, 4.69) is 0 Å². The summed E-state index contributed by atoms with van der Waals surface area (Å²) in [6, 6.07) is 10.2. The monoisotopic (exact) mass is 576 g/mol. The van der Waals surface area contributed by atoms with Gasteiger partial charge in [0.2, 0.25) is 9.84 Å². The van der Waals surface area contributed by atoms with Gasteiger partial charge in [0.1, 0.15) is 22.5 Å². The number of allylic oxidation sites excluding steroid dienone is 2. The molecule has 2 N–H and O–H groups in total. The number of hydrogen-bond donors (Lipinski definition) is 2. The van der Waals surface area contributed by atoms with Gasteiger partial charge in [-0.25, -0.2) is 8.42 Å². The molecule has 0 unspecified atom stereocenters. The zero-order valence-corrected chi connectivity index (χ0v) is 27.3. The number of sulfone groups is 1. The molecular weight excluding hydrogens is 532 g/mol. The van der Waals surface area contributed by atoms with Crippen LogP contribution in [0.15, 0.2) is 35.2 Å². The number of rotatable bonds is 4. The summed E-state index contributed by atoms with van der Waals surface area (Å²) in [7, 11) is -4.48. The Balaban J connectivity index is 2.96. The van der Waals surface area contributed by atoms with Crippen molar-refractivity contribution in [1.82, 2.24) is 0 Å². The molecule has 0 aliphatic heterocycles. The molecule has 0 bridgehead atoms. The average molecular weight is 577 g/mol. The van der Waals surface area contributed by atoms with Gasteiger partial charge in [-0.15, -0.1) is 0 Å². The van der Waals surface area contributed by atoms with E-state index in [0.29, 0.717) is 27.8 Å². The van der Waals surface area contributed by atoms with Gasteiger partial charge in [-0.3, -0.25) is 0 Å². The Hall–Kier alpha value is -3.55. The first-order chi connectivity index (χ1) is 18.4. The smallest absolute Gasteiger partial charge is 0.217 e. The Bertz CT molecular complexity index is 1530. The molecule has 2 rings (SSSR count). The van der Waals surface area contributed by atoms with Crippen LogP contribution in [0.25, 0.3) is 11.0 Å². The van der Waals surface area contributed by atoms with Crippen molar-refractivity contribution in [2.75, 3.05) is 0 Å². The Labute approximate surface area is 246 Å². The second kappa shape index (κ2) is 11.0. The second-order valence-corrected chi connectivity index (χ2v) is 16.5. The lowest BCUT2D eigenvalue weighted by Gasteiger charge is -2.28. The highest BCUT2D eigenvalue weighted by molar-refractivity contribution is 8.04.